The summed E-state index contributed by atoms with van der Waals surface area (Å²) in [7, 11) is 0. The Hall–Kier alpha value is -1.88. The summed E-state index contributed by atoms with van der Waals surface area (Å²) in [6.45, 7) is 1.91. The first kappa shape index (κ1) is 12.6. The number of hydrogen-bond donors (Lipinski definition) is 0. The van der Waals surface area contributed by atoms with Crippen molar-refractivity contribution in [1.82, 2.24) is 5.16 Å². The fraction of sp³-hybridized carbons (Fsp3) is 0.167. The molecule has 0 fully saturated rings. The predicted octanol–water partition coefficient (Wildman–Crippen LogP) is 3.31. The summed E-state index contributed by atoms with van der Waals surface area (Å²) in [5, 5.41) is 3.80. The average molecular weight is 270 g/mol. The Morgan fingerprint density at radius 1 is 1.50 bits per heavy atom. The van der Waals surface area contributed by atoms with Crippen molar-refractivity contribution in [1.29, 1.82) is 0 Å². The van der Waals surface area contributed by atoms with Gasteiger partial charge >= 0.3 is 5.97 Å². The molecule has 0 aliphatic carbocycles. The first-order chi connectivity index (χ1) is 8.61. The van der Waals surface area contributed by atoms with Gasteiger partial charge in [0.25, 0.3) is 0 Å². The van der Waals surface area contributed by atoms with Gasteiger partial charge in [0.05, 0.1) is 12.2 Å². The van der Waals surface area contributed by atoms with Crippen LogP contribution in [0.25, 0.3) is 11.3 Å². The number of esters is 1. The van der Waals surface area contributed by atoms with Gasteiger partial charge in [-0.15, -0.1) is 0 Å². The highest BCUT2D eigenvalue weighted by atomic mass is 35.5. The zero-order valence-electron chi connectivity index (χ0n) is 9.44. The molecule has 0 aliphatic rings. The molecule has 18 heavy (non-hydrogen) atoms. The summed E-state index contributed by atoms with van der Waals surface area (Å²) >= 11 is 5.64. The monoisotopic (exact) mass is 269 g/mol. The minimum atomic E-state index is -0.609. The van der Waals surface area contributed by atoms with Gasteiger partial charge in [0, 0.05) is 11.1 Å². The van der Waals surface area contributed by atoms with Gasteiger partial charge in [0.2, 0.25) is 0 Å². The maximum absolute atomic E-state index is 13.6. The summed E-state index contributed by atoms with van der Waals surface area (Å²) in [4.78, 5) is 11.4. The van der Waals surface area contributed by atoms with Crippen molar-refractivity contribution in [2.75, 3.05) is 6.61 Å². The van der Waals surface area contributed by atoms with Gasteiger partial charge in [0.15, 0.2) is 11.5 Å². The third kappa shape index (κ3) is 2.51. The maximum Gasteiger partial charge on any atom is 0.360 e. The molecule has 0 atom stereocenters. The van der Waals surface area contributed by atoms with Crippen molar-refractivity contribution in [3.8, 4) is 11.3 Å². The van der Waals surface area contributed by atoms with E-state index in [1.165, 1.54) is 18.2 Å². The lowest BCUT2D eigenvalue weighted by Crippen LogP contribution is -2.04. The highest BCUT2D eigenvalue weighted by molar-refractivity contribution is 6.30. The molecule has 1 heterocycles. The van der Waals surface area contributed by atoms with E-state index in [0.717, 1.165) is 6.07 Å². The van der Waals surface area contributed by atoms with E-state index in [1.54, 1.807) is 6.92 Å². The lowest BCUT2D eigenvalue weighted by atomic mass is 10.1. The predicted molar refractivity (Wildman–Crippen MR) is 62.9 cm³/mol. The molecule has 94 valence electrons. The van der Waals surface area contributed by atoms with Crippen LogP contribution in [0.3, 0.4) is 0 Å². The lowest BCUT2D eigenvalue weighted by molar-refractivity contribution is 0.0514. The summed E-state index contributed by atoms with van der Waals surface area (Å²) in [6, 6.07) is 5.45. The molecular formula is C12H9ClFNO3. The fourth-order valence-corrected chi connectivity index (χ4v) is 1.55. The Balaban J connectivity index is 2.32. The zero-order chi connectivity index (χ0) is 13.1. The van der Waals surface area contributed by atoms with Gasteiger partial charge in [-0.25, -0.2) is 9.18 Å². The third-order valence-corrected chi connectivity index (χ3v) is 2.43. The molecule has 0 unspecified atom stereocenters. The highest BCUT2D eigenvalue weighted by Crippen LogP contribution is 2.26. The van der Waals surface area contributed by atoms with Gasteiger partial charge in [-0.2, -0.15) is 0 Å². The van der Waals surface area contributed by atoms with E-state index in [2.05, 4.69) is 5.16 Å². The second-order valence-corrected chi connectivity index (χ2v) is 3.86. The number of benzene rings is 1. The molecule has 0 saturated heterocycles. The van der Waals surface area contributed by atoms with Crippen LogP contribution >= 0.6 is 11.6 Å². The highest BCUT2D eigenvalue weighted by Gasteiger charge is 2.16. The Bertz CT molecular complexity index is 582. The van der Waals surface area contributed by atoms with Crippen LogP contribution in [0.4, 0.5) is 4.39 Å². The summed E-state index contributed by atoms with van der Waals surface area (Å²) in [5.74, 6) is -1.01. The van der Waals surface area contributed by atoms with Crippen LogP contribution < -0.4 is 0 Å². The Morgan fingerprint density at radius 3 is 2.94 bits per heavy atom. The number of aromatic nitrogens is 1. The number of carbonyl (C=O) groups is 1. The number of ether oxygens (including phenoxy) is 1. The van der Waals surface area contributed by atoms with Gasteiger partial charge < -0.3 is 9.26 Å². The molecule has 1 aromatic heterocycles. The summed E-state index contributed by atoms with van der Waals surface area (Å²) < 4.78 is 23.3. The Morgan fingerprint density at radius 2 is 2.28 bits per heavy atom. The van der Waals surface area contributed by atoms with Gasteiger partial charge in [-0.3, -0.25) is 0 Å². The fourth-order valence-electron chi connectivity index (χ4n) is 1.39. The van der Waals surface area contributed by atoms with Gasteiger partial charge in [-0.05, 0) is 25.1 Å². The normalized spacial score (nSPS) is 10.4. The van der Waals surface area contributed by atoms with Crippen LogP contribution in [-0.4, -0.2) is 17.7 Å². The SMILES string of the molecule is CCOC(=O)c1cc(-c2ccc(Cl)cc2F)on1. The van der Waals surface area contributed by atoms with E-state index in [9.17, 15) is 9.18 Å². The Labute approximate surface area is 107 Å². The largest absolute Gasteiger partial charge is 0.461 e. The molecule has 0 amide bonds. The molecule has 0 radical (unpaired) electrons. The molecular weight excluding hydrogens is 261 g/mol. The van der Waals surface area contributed by atoms with Crippen molar-refractivity contribution in [3.05, 3.63) is 40.8 Å². The molecule has 1 aromatic carbocycles. The minimum absolute atomic E-state index is 0.00111. The molecule has 2 rings (SSSR count). The van der Waals surface area contributed by atoms with E-state index in [0.29, 0.717) is 0 Å². The average Bonchev–Trinajstić information content (AvgIpc) is 2.78. The first-order valence-corrected chi connectivity index (χ1v) is 5.59. The van der Waals surface area contributed by atoms with Crippen LogP contribution in [0, 0.1) is 5.82 Å². The number of nitrogens with zero attached hydrogens (tertiary/aromatic N) is 1. The van der Waals surface area contributed by atoms with E-state index in [-0.39, 0.29) is 28.6 Å². The number of carbonyl (C=O) groups excluding carboxylic acids is 1. The molecule has 0 spiro atoms. The second kappa shape index (κ2) is 5.18. The maximum atomic E-state index is 13.6. The molecule has 0 saturated carbocycles. The van der Waals surface area contributed by atoms with Crippen LogP contribution in [0.2, 0.25) is 5.02 Å². The van der Waals surface area contributed by atoms with Crippen molar-refractivity contribution in [2.45, 2.75) is 6.92 Å². The number of halogens is 2. The molecule has 2 aromatic rings. The number of rotatable bonds is 3. The number of hydrogen-bond acceptors (Lipinski definition) is 4. The van der Waals surface area contributed by atoms with Crippen molar-refractivity contribution < 1.29 is 18.4 Å². The molecule has 4 nitrogen and oxygen atoms in total. The van der Waals surface area contributed by atoms with Gasteiger partial charge in [-0.1, -0.05) is 16.8 Å². The molecule has 0 aliphatic heterocycles. The Kier molecular flexibility index (Phi) is 3.62. The van der Waals surface area contributed by atoms with Crippen LogP contribution in [-0.2, 0) is 4.74 Å². The second-order valence-electron chi connectivity index (χ2n) is 3.42. The van der Waals surface area contributed by atoms with E-state index < -0.39 is 11.8 Å². The summed E-state index contributed by atoms with van der Waals surface area (Å²) in [6.07, 6.45) is 0. The third-order valence-electron chi connectivity index (χ3n) is 2.19. The van der Waals surface area contributed by atoms with E-state index >= 15 is 0 Å². The first-order valence-electron chi connectivity index (χ1n) is 5.21. The topological polar surface area (TPSA) is 52.3 Å². The standard InChI is InChI=1S/C12H9ClFNO3/c1-2-17-12(16)10-6-11(18-15-10)8-4-3-7(13)5-9(8)14/h3-6H,2H2,1H3. The van der Waals surface area contributed by atoms with E-state index in [4.69, 9.17) is 20.9 Å². The minimum Gasteiger partial charge on any atom is -0.461 e. The lowest BCUT2D eigenvalue weighted by Gasteiger charge is -1.98. The quantitative estimate of drug-likeness (QED) is 0.802. The van der Waals surface area contributed by atoms with Crippen molar-refractivity contribution >= 4 is 17.6 Å². The van der Waals surface area contributed by atoms with Crippen LogP contribution in [0.5, 0.6) is 0 Å². The van der Waals surface area contributed by atoms with Gasteiger partial charge in [0.1, 0.15) is 5.82 Å². The molecule has 6 heteroatoms. The van der Waals surface area contributed by atoms with Crippen molar-refractivity contribution in [3.63, 3.8) is 0 Å². The summed E-state index contributed by atoms with van der Waals surface area (Å²) in [5.41, 5.74) is 0.184. The van der Waals surface area contributed by atoms with E-state index in [1.807, 2.05) is 0 Å². The van der Waals surface area contributed by atoms with Crippen LogP contribution in [0.1, 0.15) is 17.4 Å². The molecule has 0 N–H and O–H groups in total. The molecule has 0 bridgehead atoms. The smallest absolute Gasteiger partial charge is 0.360 e. The van der Waals surface area contributed by atoms with Crippen LogP contribution in [0.15, 0.2) is 28.8 Å². The van der Waals surface area contributed by atoms with Crippen molar-refractivity contribution in [2.24, 2.45) is 0 Å². The zero-order valence-corrected chi connectivity index (χ0v) is 10.2.